The summed E-state index contributed by atoms with van der Waals surface area (Å²) in [6.45, 7) is 1.82. The van der Waals surface area contributed by atoms with Gasteiger partial charge in [0.1, 0.15) is 0 Å². The van der Waals surface area contributed by atoms with Crippen LogP contribution >= 0.6 is 75.3 Å². The number of rotatable bonds is 3. The molecule has 3 aromatic rings. The molecule has 0 aromatic heterocycles. The van der Waals surface area contributed by atoms with Crippen LogP contribution in [0.25, 0.3) is 0 Å². The molecule has 0 fully saturated rings. The van der Waals surface area contributed by atoms with Gasteiger partial charge in [-0.2, -0.15) is 0 Å². The van der Waals surface area contributed by atoms with Gasteiger partial charge in [0.15, 0.2) is 0 Å². The maximum Gasteiger partial charge on any atom is 0.267 e. The molecule has 4 rings (SSSR count). The van der Waals surface area contributed by atoms with Gasteiger partial charge in [0.05, 0.1) is 16.8 Å². The van der Waals surface area contributed by atoms with Gasteiger partial charge in [0.2, 0.25) is 0 Å². The van der Waals surface area contributed by atoms with Crippen LogP contribution in [0.3, 0.4) is 0 Å². The summed E-state index contributed by atoms with van der Waals surface area (Å²) in [5.41, 5.74) is 2.62. The van der Waals surface area contributed by atoms with Gasteiger partial charge in [-0.15, -0.1) is 0 Å². The SMILES string of the molecule is Cc1c(Cl)cccc1NC(=O)c1ccc(N2C(=O)c3c(Br)c(Br)c(Br)c(Br)c3C2=O)cc1. The highest BCUT2D eigenvalue weighted by Crippen LogP contribution is 2.46. The molecule has 3 amide bonds. The van der Waals surface area contributed by atoms with Crippen LogP contribution in [0.5, 0.6) is 0 Å². The smallest absolute Gasteiger partial charge is 0.267 e. The molecule has 0 saturated heterocycles. The Hall–Kier alpha value is -1.52. The van der Waals surface area contributed by atoms with Crippen LogP contribution in [0.4, 0.5) is 11.4 Å². The largest absolute Gasteiger partial charge is 0.322 e. The standard InChI is InChI=1S/C22H11Br4ClN2O3/c1-9-12(27)3-2-4-13(9)28-20(30)10-5-7-11(8-6-10)29-21(31)14-15(22(29)32)17(24)19(26)18(25)16(14)23/h2-8H,1H3,(H,28,30). The Balaban J connectivity index is 1.63. The van der Waals surface area contributed by atoms with Crippen LogP contribution in [-0.4, -0.2) is 17.7 Å². The van der Waals surface area contributed by atoms with Crippen molar-refractivity contribution in [1.82, 2.24) is 0 Å². The first-order chi connectivity index (χ1) is 15.1. The number of carbonyl (C=O) groups excluding carboxylic acids is 3. The summed E-state index contributed by atoms with van der Waals surface area (Å²) in [6.07, 6.45) is 0. The Morgan fingerprint density at radius 2 is 1.38 bits per heavy atom. The second kappa shape index (κ2) is 9.02. The number of fused-ring (bicyclic) bond motifs is 1. The average Bonchev–Trinajstić information content (AvgIpc) is 3.04. The first kappa shape index (κ1) is 23.6. The number of halogens is 5. The predicted octanol–water partition coefficient (Wildman–Crippen LogP) is 7.75. The molecule has 0 unspecified atom stereocenters. The zero-order valence-corrected chi connectivity index (χ0v) is 23.2. The van der Waals surface area contributed by atoms with Crippen molar-refractivity contribution in [2.24, 2.45) is 0 Å². The number of hydrogen-bond donors (Lipinski definition) is 1. The van der Waals surface area contributed by atoms with Crippen molar-refractivity contribution >= 4 is 104 Å². The van der Waals surface area contributed by atoms with E-state index in [0.29, 0.717) is 39.9 Å². The van der Waals surface area contributed by atoms with E-state index in [-0.39, 0.29) is 17.0 Å². The lowest BCUT2D eigenvalue weighted by Crippen LogP contribution is -2.29. The van der Waals surface area contributed by atoms with E-state index in [1.165, 1.54) is 0 Å². The normalized spacial score (nSPS) is 12.9. The molecule has 0 aliphatic carbocycles. The molecule has 10 heteroatoms. The van der Waals surface area contributed by atoms with Crippen LogP contribution in [0.15, 0.2) is 60.4 Å². The van der Waals surface area contributed by atoms with Crippen LogP contribution in [0, 0.1) is 6.92 Å². The van der Waals surface area contributed by atoms with Crippen molar-refractivity contribution in [3.05, 3.63) is 87.6 Å². The van der Waals surface area contributed by atoms with E-state index in [1.807, 2.05) is 6.92 Å². The van der Waals surface area contributed by atoms with Crippen molar-refractivity contribution in [3.63, 3.8) is 0 Å². The van der Waals surface area contributed by atoms with Crippen LogP contribution in [0.1, 0.15) is 36.6 Å². The topological polar surface area (TPSA) is 66.5 Å². The maximum atomic E-state index is 13.1. The lowest BCUT2D eigenvalue weighted by atomic mass is 10.1. The summed E-state index contributed by atoms with van der Waals surface area (Å²) in [7, 11) is 0. The molecule has 1 N–H and O–H groups in total. The summed E-state index contributed by atoms with van der Waals surface area (Å²) in [4.78, 5) is 39.9. The second-order valence-electron chi connectivity index (χ2n) is 6.87. The van der Waals surface area contributed by atoms with E-state index in [1.54, 1.807) is 42.5 Å². The Morgan fingerprint density at radius 1 is 0.844 bits per heavy atom. The van der Waals surface area contributed by atoms with Crippen LogP contribution < -0.4 is 10.2 Å². The van der Waals surface area contributed by atoms with Crippen LogP contribution in [0.2, 0.25) is 5.02 Å². The lowest BCUT2D eigenvalue weighted by Gasteiger charge is -2.15. The molecule has 0 spiro atoms. The number of carbonyl (C=O) groups is 3. The molecular formula is C22H11Br4ClN2O3. The monoisotopic (exact) mass is 702 g/mol. The van der Waals surface area contributed by atoms with Crippen LogP contribution in [-0.2, 0) is 0 Å². The lowest BCUT2D eigenvalue weighted by molar-refractivity contribution is 0.0925. The molecule has 0 bridgehead atoms. The van der Waals surface area contributed by atoms with E-state index in [0.717, 1.165) is 10.5 Å². The van der Waals surface area contributed by atoms with Gasteiger partial charge in [0.25, 0.3) is 17.7 Å². The quantitative estimate of drug-likeness (QED) is 0.172. The van der Waals surface area contributed by atoms with Gasteiger partial charge in [-0.3, -0.25) is 14.4 Å². The average molecular weight is 706 g/mol. The van der Waals surface area contributed by atoms with E-state index < -0.39 is 11.8 Å². The highest BCUT2D eigenvalue weighted by atomic mass is 79.9. The highest BCUT2D eigenvalue weighted by Gasteiger charge is 2.41. The fourth-order valence-corrected chi connectivity index (χ4v) is 5.91. The number of amides is 3. The molecule has 0 saturated carbocycles. The Morgan fingerprint density at radius 3 is 1.91 bits per heavy atom. The van der Waals surface area contributed by atoms with Crippen molar-refractivity contribution in [3.8, 4) is 0 Å². The van der Waals surface area contributed by atoms with Gasteiger partial charge < -0.3 is 5.32 Å². The fraction of sp³-hybridized carbons (Fsp3) is 0.0455. The number of nitrogens with one attached hydrogen (secondary N) is 1. The molecule has 32 heavy (non-hydrogen) atoms. The first-order valence-corrected chi connectivity index (χ1v) is 12.6. The minimum Gasteiger partial charge on any atom is -0.322 e. The van der Waals surface area contributed by atoms with E-state index in [4.69, 9.17) is 11.6 Å². The predicted molar refractivity (Wildman–Crippen MR) is 139 cm³/mol. The molecule has 0 atom stereocenters. The third-order valence-electron chi connectivity index (χ3n) is 5.00. The van der Waals surface area contributed by atoms with E-state index in [9.17, 15) is 14.4 Å². The van der Waals surface area contributed by atoms with Gasteiger partial charge in [-0.05, 0) is 113 Å². The summed E-state index contributed by atoms with van der Waals surface area (Å²) in [6, 6.07) is 11.5. The van der Waals surface area contributed by atoms with Gasteiger partial charge >= 0.3 is 0 Å². The highest BCUT2D eigenvalue weighted by molar-refractivity contribution is 9.15. The van der Waals surface area contributed by atoms with Gasteiger partial charge in [0, 0.05) is 34.2 Å². The summed E-state index contributed by atoms with van der Waals surface area (Å²) < 4.78 is 2.21. The summed E-state index contributed by atoms with van der Waals surface area (Å²) in [5, 5.41) is 3.38. The number of hydrogen-bond acceptors (Lipinski definition) is 3. The molecule has 162 valence electrons. The van der Waals surface area contributed by atoms with Gasteiger partial charge in [-0.1, -0.05) is 17.7 Å². The zero-order chi connectivity index (χ0) is 23.3. The molecule has 1 aliphatic heterocycles. The van der Waals surface area contributed by atoms with Gasteiger partial charge in [-0.25, -0.2) is 4.90 Å². The number of imide groups is 1. The van der Waals surface area contributed by atoms with Crippen molar-refractivity contribution < 1.29 is 14.4 Å². The van der Waals surface area contributed by atoms with Crippen molar-refractivity contribution in [2.45, 2.75) is 6.92 Å². The molecule has 3 aromatic carbocycles. The number of benzene rings is 3. The Labute approximate surface area is 222 Å². The third kappa shape index (κ3) is 3.88. The maximum absolute atomic E-state index is 13.1. The molecule has 1 heterocycles. The molecular weight excluding hydrogens is 695 g/mol. The van der Waals surface area contributed by atoms with Crippen molar-refractivity contribution in [1.29, 1.82) is 0 Å². The molecule has 1 aliphatic rings. The van der Waals surface area contributed by atoms with E-state index >= 15 is 0 Å². The summed E-state index contributed by atoms with van der Waals surface area (Å²) in [5.74, 6) is -1.25. The van der Waals surface area contributed by atoms with Crippen molar-refractivity contribution in [2.75, 3.05) is 10.2 Å². The number of nitrogens with zero attached hydrogens (tertiary/aromatic N) is 1. The summed E-state index contributed by atoms with van der Waals surface area (Å²) >= 11 is 19.7. The molecule has 5 nitrogen and oxygen atoms in total. The fourth-order valence-electron chi connectivity index (χ4n) is 3.28. The first-order valence-electron chi connectivity index (χ1n) is 9.04. The third-order valence-corrected chi connectivity index (χ3v) is 10.2. The second-order valence-corrected chi connectivity index (χ2v) is 10.4. The number of anilines is 2. The van der Waals surface area contributed by atoms with E-state index in [2.05, 4.69) is 69.0 Å². The Kier molecular flexibility index (Phi) is 6.66. The molecule has 0 radical (unpaired) electrons. The Bertz CT molecular complexity index is 1280. The zero-order valence-electron chi connectivity index (χ0n) is 16.1. The minimum atomic E-state index is -0.461. The minimum absolute atomic E-state index is 0.259.